The highest BCUT2D eigenvalue weighted by Gasteiger charge is 2.38. The fourth-order valence-electron chi connectivity index (χ4n) is 3.99. The number of nitrogens with one attached hydrogen (secondary N) is 2. The van der Waals surface area contributed by atoms with E-state index in [1.807, 2.05) is 12.1 Å². The van der Waals surface area contributed by atoms with Crippen molar-refractivity contribution in [3.8, 4) is 0 Å². The lowest BCUT2D eigenvalue weighted by Gasteiger charge is -2.43. The van der Waals surface area contributed by atoms with E-state index in [9.17, 15) is 4.39 Å². The van der Waals surface area contributed by atoms with E-state index in [0.717, 1.165) is 77.6 Å². The molecule has 2 N–H and O–H groups in total. The van der Waals surface area contributed by atoms with Crippen LogP contribution < -0.4 is 10.6 Å². The van der Waals surface area contributed by atoms with Gasteiger partial charge in [0.25, 0.3) is 0 Å². The first kappa shape index (κ1) is 21.1. The highest BCUT2D eigenvalue weighted by atomic mass is 19.1. The summed E-state index contributed by atoms with van der Waals surface area (Å²) in [5.74, 6) is 1.29. The summed E-state index contributed by atoms with van der Waals surface area (Å²) in [5.41, 5.74) is 1.31. The van der Waals surface area contributed by atoms with Crippen molar-refractivity contribution in [2.24, 2.45) is 10.9 Å². The molecule has 28 heavy (non-hydrogen) atoms. The molecule has 156 valence electrons. The van der Waals surface area contributed by atoms with Crippen LogP contribution in [0.15, 0.2) is 29.3 Å². The molecule has 0 unspecified atom stereocenters. The van der Waals surface area contributed by atoms with E-state index in [1.54, 1.807) is 19.2 Å². The largest absolute Gasteiger partial charge is 0.381 e. The average Bonchev–Trinajstić information content (AvgIpc) is 2.70. The third kappa shape index (κ3) is 5.92. The molecule has 1 aromatic carbocycles. The van der Waals surface area contributed by atoms with Crippen LogP contribution in [0, 0.1) is 11.7 Å². The van der Waals surface area contributed by atoms with Gasteiger partial charge in [0.15, 0.2) is 5.96 Å². The van der Waals surface area contributed by atoms with Crippen LogP contribution >= 0.6 is 0 Å². The minimum absolute atomic E-state index is 0.0954. The van der Waals surface area contributed by atoms with Crippen LogP contribution in [0.4, 0.5) is 4.39 Å². The zero-order chi connectivity index (χ0) is 19.7. The summed E-state index contributed by atoms with van der Waals surface area (Å²) >= 11 is 0. The van der Waals surface area contributed by atoms with Crippen LogP contribution in [0.1, 0.15) is 44.1 Å². The summed E-state index contributed by atoms with van der Waals surface area (Å²) in [5, 5.41) is 6.83. The molecule has 0 bridgehead atoms. The second-order valence-electron chi connectivity index (χ2n) is 7.98. The molecule has 1 aliphatic heterocycles. The average molecular weight is 392 g/mol. The van der Waals surface area contributed by atoms with E-state index in [0.29, 0.717) is 5.92 Å². The van der Waals surface area contributed by atoms with E-state index in [-0.39, 0.29) is 11.2 Å². The van der Waals surface area contributed by atoms with E-state index < -0.39 is 0 Å². The smallest absolute Gasteiger partial charge is 0.191 e. The third-order valence-electron chi connectivity index (χ3n) is 6.04. The zero-order valence-electron chi connectivity index (χ0n) is 17.0. The summed E-state index contributed by atoms with van der Waals surface area (Å²) in [6, 6.07) is 6.95. The quantitative estimate of drug-likeness (QED) is 0.385. The normalized spacial score (nSPS) is 19.9. The fraction of sp³-hybridized carbons (Fsp3) is 0.682. The second-order valence-corrected chi connectivity index (χ2v) is 7.98. The van der Waals surface area contributed by atoms with Gasteiger partial charge in [-0.2, -0.15) is 0 Å². The summed E-state index contributed by atoms with van der Waals surface area (Å²) in [6.45, 7) is 5.00. The molecule has 5 nitrogen and oxygen atoms in total. The maximum Gasteiger partial charge on any atom is 0.191 e. The van der Waals surface area contributed by atoms with Crippen LogP contribution in [-0.4, -0.2) is 52.5 Å². The van der Waals surface area contributed by atoms with Gasteiger partial charge in [-0.15, -0.1) is 0 Å². The second kappa shape index (κ2) is 10.8. The molecule has 0 spiro atoms. The maximum atomic E-state index is 13.2. The van der Waals surface area contributed by atoms with Crippen molar-refractivity contribution < 1.29 is 13.9 Å². The number of nitrogens with zero attached hydrogens (tertiary/aromatic N) is 1. The molecule has 1 saturated carbocycles. The molecular formula is C22H34FN3O2. The van der Waals surface area contributed by atoms with Gasteiger partial charge in [0.2, 0.25) is 0 Å². The molecule has 1 aromatic rings. The Morgan fingerprint density at radius 1 is 1.21 bits per heavy atom. The number of hydrogen-bond acceptors (Lipinski definition) is 3. The van der Waals surface area contributed by atoms with Crippen LogP contribution in [0.2, 0.25) is 0 Å². The molecule has 0 aromatic heterocycles. The Bertz CT molecular complexity index is 611. The number of guanidine groups is 1. The number of rotatable bonds is 9. The topological polar surface area (TPSA) is 54.9 Å². The lowest BCUT2D eigenvalue weighted by molar-refractivity contribution is 0.0203. The van der Waals surface area contributed by atoms with Crippen molar-refractivity contribution >= 4 is 5.96 Å². The van der Waals surface area contributed by atoms with Gasteiger partial charge in [0.1, 0.15) is 5.82 Å². The van der Waals surface area contributed by atoms with E-state index in [4.69, 9.17) is 9.47 Å². The standard InChI is InChI=1S/C22H34FN3O2/c1-24-21(25-12-3-13-28-16-18-8-14-27-15-9-18)26-17-22(10-2-11-22)19-4-6-20(23)7-5-19/h4-7,18H,2-3,8-17H2,1H3,(H2,24,25,26). The molecule has 3 rings (SSSR count). The molecular weight excluding hydrogens is 357 g/mol. The molecule has 0 atom stereocenters. The Hall–Kier alpha value is -1.66. The fourth-order valence-corrected chi connectivity index (χ4v) is 3.99. The molecule has 0 amide bonds. The predicted molar refractivity (Wildman–Crippen MR) is 110 cm³/mol. The van der Waals surface area contributed by atoms with Gasteiger partial charge in [-0.25, -0.2) is 4.39 Å². The minimum Gasteiger partial charge on any atom is -0.381 e. The van der Waals surface area contributed by atoms with Crippen molar-refractivity contribution in [1.82, 2.24) is 10.6 Å². The summed E-state index contributed by atoms with van der Waals surface area (Å²) in [7, 11) is 1.79. The molecule has 0 radical (unpaired) electrons. The Labute approximate surface area is 168 Å². The number of halogens is 1. The maximum absolute atomic E-state index is 13.2. The molecule has 1 saturated heterocycles. The number of aliphatic imine (C=N–C) groups is 1. The van der Waals surface area contributed by atoms with E-state index in [1.165, 1.54) is 12.0 Å². The Kier molecular flexibility index (Phi) is 8.10. The number of benzene rings is 1. The molecule has 2 fully saturated rings. The third-order valence-corrected chi connectivity index (χ3v) is 6.04. The molecule has 6 heteroatoms. The first-order valence-corrected chi connectivity index (χ1v) is 10.6. The van der Waals surface area contributed by atoms with Gasteiger partial charge in [-0.1, -0.05) is 18.6 Å². The predicted octanol–water partition coefficient (Wildman–Crippen LogP) is 3.25. The summed E-state index contributed by atoms with van der Waals surface area (Å²) in [4.78, 5) is 4.33. The van der Waals surface area contributed by atoms with Gasteiger partial charge in [0.05, 0.1) is 0 Å². The molecule has 1 aliphatic carbocycles. The van der Waals surface area contributed by atoms with Crippen LogP contribution in [0.25, 0.3) is 0 Å². The van der Waals surface area contributed by atoms with E-state index >= 15 is 0 Å². The first-order chi connectivity index (χ1) is 13.7. The lowest BCUT2D eigenvalue weighted by Crippen LogP contribution is -2.49. The van der Waals surface area contributed by atoms with Crippen molar-refractivity contribution in [1.29, 1.82) is 0 Å². The lowest BCUT2D eigenvalue weighted by atomic mass is 9.64. The SMILES string of the molecule is CN=C(NCCCOCC1CCOCC1)NCC1(c2ccc(F)cc2)CCC1. The Morgan fingerprint density at radius 3 is 2.61 bits per heavy atom. The van der Waals surface area contributed by atoms with Crippen LogP contribution in [-0.2, 0) is 14.9 Å². The number of ether oxygens (including phenoxy) is 2. The number of hydrogen-bond donors (Lipinski definition) is 2. The van der Waals surface area contributed by atoms with Gasteiger partial charge < -0.3 is 20.1 Å². The van der Waals surface area contributed by atoms with Crippen molar-refractivity contribution in [3.05, 3.63) is 35.6 Å². The van der Waals surface area contributed by atoms with Crippen molar-refractivity contribution in [3.63, 3.8) is 0 Å². The Balaban J connectivity index is 1.33. The summed E-state index contributed by atoms with van der Waals surface area (Å²) in [6.07, 6.45) is 6.66. The molecule has 2 aliphatic rings. The zero-order valence-corrected chi connectivity index (χ0v) is 17.0. The van der Waals surface area contributed by atoms with Gasteiger partial charge in [-0.05, 0) is 55.7 Å². The highest BCUT2D eigenvalue weighted by molar-refractivity contribution is 5.79. The summed E-state index contributed by atoms with van der Waals surface area (Å²) < 4.78 is 24.4. The first-order valence-electron chi connectivity index (χ1n) is 10.6. The molecule has 1 heterocycles. The van der Waals surface area contributed by atoms with Crippen molar-refractivity contribution in [2.45, 2.75) is 43.9 Å². The highest BCUT2D eigenvalue weighted by Crippen LogP contribution is 2.43. The minimum atomic E-state index is -0.178. The van der Waals surface area contributed by atoms with Crippen LogP contribution in [0.3, 0.4) is 0 Å². The van der Waals surface area contributed by atoms with Crippen molar-refractivity contribution in [2.75, 3.05) is 46.6 Å². The van der Waals surface area contributed by atoms with Gasteiger partial charge in [0, 0.05) is 52.0 Å². The van der Waals surface area contributed by atoms with E-state index in [2.05, 4.69) is 15.6 Å². The van der Waals surface area contributed by atoms with Gasteiger partial charge in [-0.3, -0.25) is 4.99 Å². The monoisotopic (exact) mass is 391 g/mol. The van der Waals surface area contributed by atoms with Gasteiger partial charge >= 0.3 is 0 Å². The Morgan fingerprint density at radius 2 is 1.96 bits per heavy atom. The van der Waals surface area contributed by atoms with Crippen LogP contribution in [0.5, 0.6) is 0 Å².